The molecule has 82 heavy (non-hydrogen) atoms. The van der Waals surface area contributed by atoms with Crippen molar-refractivity contribution >= 4 is 111 Å². The number of aliphatic hydroxyl groups excluding tert-OH is 2. The molecular weight excluding hydrogens is 1120 g/mol. The number of nitrogens with two attached hydrogens (primary N) is 2. The Balaban J connectivity index is 1.24. The smallest absolute Gasteiger partial charge is 0.303 e. The summed E-state index contributed by atoms with van der Waals surface area (Å²) in [7, 11) is 0. The van der Waals surface area contributed by atoms with Crippen LogP contribution in [0.2, 0.25) is 0 Å². The number of thioether (sulfide) groups is 3. The highest BCUT2D eigenvalue weighted by atomic mass is 32.2. The zero-order chi connectivity index (χ0) is 60.2. The van der Waals surface area contributed by atoms with Gasteiger partial charge in [-0.3, -0.25) is 52.7 Å². The molecule has 1 aromatic carbocycles. The molecule has 29 heteroatoms. The lowest BCUT2D eigenvalue weighted by Crippen LogP contribution is -2.62. The third-order valence-electron chi connectivity index (χ3n) is 14.8. The topological polar surface area (TPSA) is 398 Å². The van der Waals surface area contributed by atoms with Gasteiger partial charge in [-0.05, 0) is 125 Å². The van der Waals surface area contributed by atoms with Crippen LogP contribution in [0.1, 0.15) is 83.1 Å². The van der Waals surface area contributed by atoms with Crippen LogP contribution in [0.3, 0.4) is 0 Å². The molecular formula is C53H80N12O14S3. The summed E-state index contributed by atoms with van der Waals surface area (Å²) in [6.07, 6.45) is 6.99. The summed E-state index contributed by atoms with van der Waals surface area (Å²) >= 11 is 4.29. The number of nitrogens with one attached hydrogen (secondary N) is 7. The maximum atomic E-state index is 14.5. The van der Waals surface area contributed by atoms with Gasteiger partial charge in [-0.25, -0.2) is 0 Å². The van der Waals surface area contributed by atoms with E-state index in [9.17, 15) is 68.1 Å². The molecule has 2 aromatic rings. The number of rotatable bonds is 32. The van der Waals surface area contributed by atoms with Gasteiger partial charge in [0.25, 0.3) is 0 Å². The first kappa shape index (κ1) is 66.7. The predicted molar refractivity (Wildman–Crippen MR) is 310 cm³/mol. The van der Waals surface area contributed by atoms with Gasteiger partial charge in [-0.1, -0.05) is 18.2 Å². The second-order valence-corrected chi connectivity index (χ2v) is 23.6. The lowest BCUT2D eigenvalue weighted by molar-refractivity contribution is -0.146. The third-order valence-corrected chi connectivity index (χ3v) is 16.8. The Bertz CT molecular complexity index is 2590. The second-order valence-electron chi connectivity index (χ2n) is 20.6. The first-order chi connectivity index (χ1) is 39.1. The maximum absolute atomic E-state index is 14.5. The highest BCUT2D eigenvalue weighted by molar-refractivity contribution is 7.98. The van der Waals surface area contributed by atoms with Gasteiger partial charge in [0.05, 0.1) is 18.8 Å². The number of carbonyl (C=O) groups excluding carboxylic acids is 10. The number of carbonyl (C=O) groups is 11. The molecule has 1 aromatic heterocycles. The minimum Gasteiger partial charge on any atom is -0.481 e. The van der Waals surface area contributed by atoms with Crippen molar-refractivity contribution in [3.63, 3.8) is 0 Å². The second kappa shape index (κ2) is 32.6. The zero-order valence-corrected chi connectivity index (χ0v) is 49.2. The van der Waals surface area contributed by atoms with E-state index in [2.05, 4.69) is 36.9 Å². The van der Waals surface area contributed by atoms with E-state index in [1.54, 1.807) is 12.5 Å². The molecule has 14 N–H and O–H groups in total. The molecule has 3 aliphatic heterocycles. The predicted octanol–water partition coefficient (Wildman–Crippen LogP) is -2.10. The fourth-order valence-electron chi connectivity index (χ4n) is 10.4. The molecule has 0 saturated carbocycles. The van der Waals surface area contributed by atoms with Crippen LogP contribution in [-0.4, -0.2) is 229 Å². The van der Waals surface area contributed by atoms with Crippen molar-refractivity contribution < 1.29 is 68.1 Å². The number of benzene rings is 1. The van der Waals surface area contributed by atoms with Crippen LogP contribution in [0.15, 0.2) is 30.5 Å². The number of hydrogen-bond donors (Lipinski definition) is 12. The number of aliphatic carboxylic acids is 1. The molecule has 0 bridgehead atoms. The SMILES string of the molecule is CSCC[C@H](NC(=O)[C@@H]1CCCN1C(=O)[C@H](CCSC)NC(=O)[C@@H]1CCCN1C(=O)[C@H](CCC(=O)O)NC(=O)[C@@H]1CCCN1C(=O)[C@@H](NC(=O)[C@H](CO)NC(=O)[C@H](CCSC)NC(=O)[C@@H](N)Cc1c[nH]c2ccccc12)[C@@H](C)O)C(N)=O. The Hall–Kier alpha value is -6.14. The molecule has 5 rings (SSSR count). The van der Waals surface area contributed by atoms with Crippen LogP contribution in [0.4, 0.5) is 0 Å². The molecule has 10 amide bonds. The molecule has 0 spiro atoms. The number of hydrogen-bond acceptors (Lipinski definition) is 17. The third kappa shape index (κ3) is 18.2. The summed E-state index contributed by atoms with van der Waals surface area (Å²) in [6.45, 7) is 0.458. The van der Waals surface area contributed by atoms with E-state index in [1.165, 1.54) is 52.0 Å². The minimum absolute atomic E-state index is 0.0388. The Kier molecular flexibility index (Phi) is 26.5. The van der Waals surface area contributed by atoms with Gasteiger partial charge >= 0.3 is 5.97 Å². The van der Waals surface area contributed by atoms with E-state index in [0.29, 0.717) is 42.9 Å². The average Bonchev–Trinajstić information content (AvgIpc) is 4.50. The number of aromatic nitrogens is 1. The van der Waals surface area contributed by atoms with Crippen LogP contribution in [0.5, 0.6) is 0 Å². The molecule has 26 nitrogen and oxygen atoms in total. The molecule has 0 aliphatic carbocycles. The number of fused-ring (bicyclic) bond motifs is 1. The maximum Gasteiger partial charge on any atom is 0.303 e. The first-order valence-corrected chi connectivity index (χ1v) is 31.6. The van der Waals surface area contributed by atoms with Crippen LogP contribution >= 0.6 is 35.3 Å². The van der Waals surface area contributed by atoms with Gasteiger partial charge in [0.2, 0.25) is 59.1 Å². The van der Waals surface area contributed by atoms with Gasteiger partial charge in [0, 0.05) is 43.2 Å². The van der Waals surface area contributed by atoms with E-state index in [1.807, 2.05) is 36.8 Å². The van der Waals surface area contributed by atoms with Gasteiger partial charge in [-0.15, -0.1) is 0 Å². The summed E-state index contributed by atoms with van der Waals surface area (Å²) < 4.78 is 0. The molecule has 3 fully saturated rings. The number of para-hydroxylation sites is 1. The number of nitrogens with zero attached hydrogens (tertiary/aromatic N) is 3. The van der Waals surface area contributed by atoms with Gasteiger partial charge < -0.3 is 78.4 Å². The number of carboxylic acids is 1. The Morgan fingerprint density at radius 3 is 1.56 bits per heavy atom. The van der Waals surface area contributed by atoms with Crippen molar-refractivity contribution in [3.8, 4) is 0 Å². The van der Waals surface area contributed by atoms with E-state index in [4.69, 9.17) is 11.5 Å². The number of aromatic amines is 1. The van der Waals surface area contributed by atoms with Crippen molar-refractivity contribution in [2.24, 2.45) is 11.5 Å². The van der Waals surface area contributed by atoms with Gasteiger partial charge in [0.15, 0.2) is 0 Å². The fourth-order valence-corrected chi connectivity index (χ4v) is 11.8. The first-order valence-electron chi connectivity index (χ1n) is 27.5. The molecule has 3 aliphatic rings. The Labute approximate surface area is 489 Å². The van der Waals surface area contributed by atoms with Crippen molar-refractivity contribution in [2.75, 3.05) is 62.3 Å². The van der Waals surface area contributed by atoms with Crippen molar-refractivity contribution in [3.05, 3.63) is 36.0 Å². The van der Waals surface area contributed by atoms with E-state index >= 15 is 0 Å². The van der Waals surface area contributed by atoms with Crippen LogP contribution in [0.25, 0.3) is 10.9 Å². The van der Waals surface area contributed by atoms with Crippen molar-refractivity contribution in [1.82, 2.24) is 51.6 Å². The molecule has 0 unspecified atom stereocenters. The normalized spacial score (nSPS) is 19.9. The van der Waals surface area contributed by atoms with Crippen LogP contribution < -0.4 is 43.4 Å². The molecule has 3 saturated heterocycles. The number of H-pyrrole nitrogens is 1. The lowest BCUT2D eigenvalue weighted by atomic mass is 10.0. The van der Waals surface area contributed by atoms with Crippen LogP contribution in [0, 0.1) is 0 Å². The van der Waals surface area contributed by atoms with Crippen molar-refractivity contribution in [1.29, 1.82) is 0 Å². The quantitative estimate of drug-likeness (QED) is 0.0373. The van der Waals surface area contributed by atoms with Gasteiger partial charge in [0.1, 0.15) is 54.4 Å². The number of primary amides is 1. The fraction of sp³-hybridized carbons (Fsp3) is 0.642. The summed E-state index contributed by atoms with van der Waals surface area (Å²) in [5.74, 6) is -7.45. The molecule has 11 atom stereocenters. The number of likely N-dealkylation sites (tertiary alicyclic amines) is 3. The Morgan fingerprint density at radius 2 is 1.07 bits per heavy atom. The number of carboxylic acid groups (broad SMARTS) is 1. The Morgan fingerprint density at radius 1 is 0.622 bits per heavy atom. The summed E-state index contributed by atoms with van der Waals surface area (Å²) in [6, 6.07) is -5.08. The largest absolute Gasteiger partial charge is 0.481 e. The highest BCUT2D eigenvalue weighted by Gasteiger charge is 2.45. The summed E-state index contributed by atoms with van der Waals surface area (Å²) in [5.41, 5.74) is 13.5. The van der Waals surface area contributed by atoms with Crippen LogP contribution in [-0.2, 0) is 59.2 Å². The number of amides is 10. The van der Waals surface area contributed by atoms with E-state index in [-0.39, 0.29) is 58.2 Å². The minimum atomic E-state index is -1.72. The van der Waals surface area contributed by atoms with E-state index < -0.39 is 151 Å². The van der Waals surface area contributed by atoms with Gasteiger partial charge in [-0.2, -0.15) is 35.3 Å². The standard InChI is InChI=1S/C53H80N12O14S3/c1-29(67)43(62-47(73)38(28-66)61-46(72)35(18-24-81-3)58-45(71)32(54)26-30-27-56-33-11-6-5-10-31(30)33)53(79)65-22-9-14-41(65)50(76)59-36(15-16-42(68)69)51(77)63-20-8-13-40(63)49(75)60-37(19-25-82-4)52(78)64-21-7-12-39(64)48(74)57-34(44(55)70)17-23-80-2/h5-6,10-11,27,29,32,34-41,43,56,66-67H,7-9,12-26,28,54H2,1-4H3,(H2,55,70)(H,57,74)(H,58,71)(H,59,76)(H,60,75)(H,61,72)(H,62,73)(H,68,69)/t29-,32+,34+,35+,36+,37+,38+,39+,40+,41+,43+/m1/s1. The highest BCUT2D eigenvalue weighted by Crippen LogP contribution is 2.25. The van der Waals surface area contributed by atoms with Crippen molar-refractivity contribution in [2.45, 2.75) is 150 Å². The molecule has 4 heterocycles. The molecule has 0 radical (unpaired) electrons. The lowest BCUT2D eigenvalue weighted by Gasteiger charge is -2.33. The average molecular weight is 1210 g/mol. The summed E-state index contributed by atoms with van der Waals surface area (Å²) in [4.78, 5) is 156. The zero-order valence-electron chi connectivity index (χ0n) is 46.7. The summed E-state index contributed by atoms with van der Waals surface area (Å²) in [5, 5.41) is 47.3. The monoisotopic (exact) mass is 1200 g/mol. The van der Waals surface area contributed by atoms with E-state index in [0.717, 1.165) is 21.4 Å². The molecule has 454 valence electrons. The number of aliphatic hydroxyl groups is 2.